The Morgan fingerprint density at radius 1 is 1.00 bits per heavy atom. The van der Waals surface area contributed by atoms with Crippen molar-refractivity contribution >= 4 is 12.0 Å². The lowest BCUT2D eigenvalue weighted by molar-refractivity contribution is -0.137. The molecule has 3 aromatic heterocycles. The molecule has 4 aromatic rings. The van der Waals surface area contributed by atoms with Crippen molar-refractivity contribution in [3.8, 4) is 17.4 Å². The van der Waals surface area contributed by atoms with Crippen LogP contribution in [0.3, 0.4) is 0 Å². The summed E-state index contributed by atoms with van der Waals surface area (Å²) < 4.78 is 43.8. The van der Waals surface area contributed by atoms with Gasteiger partial charge in [-0.1, -0.05) is 23.8 Å². The van der Waals surface area contributed by atoms with Crippen LogP contribution in [-0.4, -0.2) is 36.9 Å². The maximum Gasteiger partial charge on any atom is 0.417 e. The van der Waals surface area contributed by atoms with E-state index in [1.165, 1.54) is 22.6 Å². The number of ether oxygens (including phenoxy) is 1. The Bertz CT molecular complexity index is 1410. The van der Waals surface area contributed by atoms with Crippen LogP contribution in [-0.2, 0) is 6.18 Å². The molecular weight excluding hydrogens is 497 g/mol. The minimum Gasteiger partial charge on any atom is -0.439 e. The van der Waals surface area contributed by atoms with E-state index >= 15 is 0 Å². The van der Waals surface area contributed by atoms with Gasteiger partial charge in [-0.2, -0.15) is 23.4 Å². The highest BCUT2D eigenvalue weighted by Crippen LogP contribution is 2.31. The number of alkyl halides is 3. The Morgan fingerprint density at radius 2 is 1.79 bits per heavy atom. The van der Waals surface area contributed by atoms with Crippen LogP contribution in [0.5, 0.6) is 11.6 Å². The lowest BCUT2D eigenvalue weighted by atomic mass is 9.89. The molecule has 0 atom stereocenters. The van der Waals surface area contributed by atoms with Crippen molar-refractivity contribution < 1.29 is 22.7 Å². The summed E-state index contributed by atoms with van der Waals surface area (Å²) in [4.78, 5) is 22.0. The van der Waals surface area contributed by atoms with Gasteiger partial charge in [0.15, 0.2) is 5.82 Å². The van der Waals surface area contributed by atoms with Crippen molar-refractivity contribution in [3.63, 3.8) is 0 Å². The van der Waals surface area contributed by atoms with Gasteiger partial charge < -0.3 is 10.1 Å². The van der Waals surface area contributed by atoms with Crippen molar-refractivity contribution in [1.82, 2.24) is 30.3 Å². The minimum absolute atomic E-state index is 0.0625. The number of amides is 1. The molecule has 3 heterocycles. The zero-order chi connectivity index (χ0) is 26.5. The zero-order valence-electron chi connectivity index (χ0n) is 20.1. The number of allylic oxidation sites excluding steroid dienone is 1. The highest BCUT2D eigenvalue weighted by Gasteiger charge is 2.30. The number of benzene rings is 1. The number of carbonyl (C=O) groups is 1. The molecule has 0 spiro atoms. The average molecular weight is 521 g/mol. The van der Waals surface area contributed by atoms with Crippen LogP contribution >= 0.6 is 0 Å². The van der Waals surface area contributed by atoms with Crippen LogP contribution in [0.15, 0.2) is 78.9 Å². The number of nitrogens with zero attached hydrogens (tertiary/aromatic N) is 5. The van der Waals surface area contributed by atoms with E-state index in [9.17, 15) is 18.0 Å². The molecule has 1 fully saturated rings. The van der Waals surface area contributed by atoms with Crippen LogP contribution in [0.1, 0.15) is 47.2 Å². The summed E-state index contributed by atoms with van der Waals surface area (Å²) in [6, 6.07) is 12.9. The molecule has 0 saturated heterocycles. The highest BCUT2D eigenvalue weighted by molar-refractivity contribution is 5.94. The minimum atomic E-state index is -4.44. The molecule has 1 aliphatic rings. The predicted octanol–water partition coefficient (Wildman–Crippen LogP) is 5.62. The second-order valence-corrected chi connectivity index (χ2v) is 8.83. The van der Waals surface area contributed by atoms with E-state index in [4.69, 9.17) is 4.74 Å². The van der Waals surface area contributed by atoms with E-state index in [1.54, 1.807) is 30.6 Å². The lowest BCUT2D eigenvalue weighted by Gasteiger charge is -2.25. The van der Waals surface area contributed by atoms with Gasteiger partial charge in [-0.05, 0) is 61.6 Å². The molecule has 194 valence electrons. The summed E-state index contributed by atoms with van der Waals surface area (Å²) >= 11 is 0. The molecule has 1 amide bonds. The molecule has 0 radical (unpaired) electrons. The van der Waals surface area contributed by atoms with Crippen molar-refractivity contribution in [2.24, 2.45) is 0 Å². The molecule has 1 aromatic carbocycles. The number of pyridine rings is 2. The molecule has 8 nitrogen and oxygen atoms in total. The number of halogens is 3. The average Bonchev–Trinajstić information content (AvgIpc) is 3.45. The predicted molar refractivity (Wildman–Crippen MR) is 133 cm³/mol. The van der Waals surface area contributed by atoms with Gasteiger partial charge in [-0.3, -0.25) is 4.79 Å². The van der Waals surface area contributed by atoms with Crippen molar-refractivity contribution in [3.05, 3.63) is 95.6 Å². The van der Waals surface area contributed by atoms with Crippen LogP contribution in [0.25, 0.3) is 11.9 Å². The quantitative estimate of drug-likeness (QED) is 0.354. The van der Waals surface area contributed by atoms with E-state index in [0.29, 0.717) is 17.1 Å². The third-order valence-corrected chi connectivity index (χ3v) is 6.11. The van der Waals surface area contributed by atoms with Crippen LogP contribution < -0.4 is 10.1 Å². The first-order valence-corrected chi connectivity index (χ1v) is 12.0. The first kappa shape index (κ1) is 25.1. The third kappa shape index (κ3) is 6.23. The Balaban J connectivity index is 1.14. The smallest absolute Gasteiger partial charge is 0.417 e. The number of nitrogens with one attached hydrogen (secondary N) is 1. The van der Waals surface area contributed by atoms with Gasteiger partial charge >= 0.3 is 6.18 Å². The van der Waals surface area contributed by atoms with Crippen molar-refractivity contribution in [1.29, 1.82) is 0 Å². The molecular formula is C27H23F3N6O2. The van der Waals surface area contributed by atoms with Gasteiger partial charge in [0, 0.05) is 24.5 Å². The van der Waals surface area contributed by atoms with E-state index in [0.717, 1.165) is 43.5 Å². The first-order valence-electron chi connectivity index (χ1n) is 12.0. The largest absolute Gasteiger partial charge is 0.439 e. The zero-order valence-corrected chi connectivity index (χ0v) is 20.1. The summed E-state index contributed by atoms with van der Waals surface area (Å²) in [6.07, 6.45) is 6.30. The standard InChI is InChI=1S/C27H23F3N6O2/c28-27(29,30)21-7-11-25(32-17-21)38-23-3-1-2-19(15-23)14-18-4-8-22(9-5-18)35-26(37)20-6-10-24(31-16-20)36-33-12-13-34-36/h1-3,6-7,10-17,22H,4-5,8-9H2,(H,35,37). The van der Waals surface area contributed by atoms with E-state index in [1.807, 2.05) is 18.2 Å². The maximum absolute atomic E-state index is 12.7. The maximum atomic E-state index is 12.7. The Labute approximate surface area is 216 Å². The molecule has 0 aliphatic heterocycles. The molecule has 0 unspecified atom stereocenters. The van der Waals surface area contributed by atoms with Crippen LogP contribution in [0.2, 0.25) is 0 Å². The topological polar surface area (TPSA) is 94.8 Å². The van der Waals surface area contributed by atoms with Gasteiger partial charge in [0.05, 0.1) is 23.5 Å². The van der Waals surface area contributed by atoms with E-state index < -0.39 is 11.7 Å². The van der Waals surface area contributed by atoms with E-state index in [2.05, 4.69) is 31.6 Å². The molecule has 1 saturated carbocycles. The number of aromatic nitrogens is 5. The highest BCUT2D eigenvalue weighted by atomic mass is 19.4. The van der Waals surface area contributed by atoms with Gasteiger partial charge in [-0.15, -0.1) is 4.80 Å². The third-order valence-electron chi connectivity index (χ3n) is 6.11. The SMILES string of the molecule is O=C(NC1CCC(=Cc2cccc(Oc3ccc(C(F)(F)F)cn3)c2)CC1)c1ccc(-n2nccn2)nc1. The number of carbonyl (C=O) groups excluding carboxylic acids is 1. The fraction of sp³-hybridized carbons (Fsp3) is 0.222. The second kappa shape index (κ2) is 10.8. The van der Waals surface area contributed by atoms with Gasteiger partial charge in [-0.25, -0.2) is 9.97 Å². The number of hydrogen-bond acceptors (Lipinski definition) is 6. The summed E-state index contributed by atoms with van der Waals surface area (Å²) in [6.45, 7) is 0. The first-order chi connectivity index (χ1) is 18.3. The van der Waals surface area contributed by atoms with Gasteiger partial charge in [0.25, 0.3) is 5.91 Å². The van der Waals surface area contributed by atoms with E-state index in [-0.39, 0.29) is 17.8 Å². The Morgan fingerprint density at radius 3 is 2.45 bits per heavy atom. The summed E-state index contributed by atoms with van der Waals surface area (Å²) in [7, 11) is 0. The summed E-state index contributed by atoms with van der Waals surface area (Å²) in [5.74, 6) is 0.929. The number of rotatable bonds is 6. The van der Waals surface area contributed by atoms with Crippen molar-refractivity contribution in [2.45, 2.75) is 37.9 Å². The monoisotopic (exact) mass is 520 g/mol. The Hall–Kier alpha value is -4.54. The molecule has 1 aliphatic carbocycles. The fourth-order valence-electron chi connectivity index (χ4n) is 4.15. The lowest BCUT2D eigenvalue weighted by Crippen LogP contribution is -2.36. The van der Waals surface area contributed by atoms with Crippen LogP contribution in [0.4, 0.5) is 13.2 Å². The molecule has 11 heteroatoms. The van der Waals surface area contributed by atoms with Crippen LogP contribution in [0, 0.1) is 0 Å². The number of hydrogen-bond donors (Lipinski definition) is 1. The summed E-state index contributed by atoms with van der Waals surface area (Å²) in [5, 5.41) is 11.1. The second-order valence-electron chi connectivity index (χ2n) is 8.83. The van der Waals surface area contributed by atoms with Gasteiger partial charge in [0.1, 0.15) is 5.75 Å². The van der Waals surface area contributed by atoms with Crippen molar-refractivity contribution in [2.75, 3.05) is 0 Å². The van der Waals surface area contributed by atoms with Gasteiger partial charge in [0.2, 0.25) is 5.88 Å². The normalized spacial score (nSPS) is 15.7. The molecule has 1 N–H and O–H groups in total. The molecule has 5 rings (SSSR count). The molecule has 0 bridgehead atoms. The fourth-order valence-corrected chi connectivity index (χ4v) is 4.15. The Kier molecular flexibility index (Phi) is 7.16. The summed E-state index contributed by atoms with van der Waals surface area (Å²) in [5.41, 5.74) is 1.82. The molecule has 38 heavy (non-hydrogen) atoms.